The molecule has 3 N–H and O–H groups in total. The van der Waals surface area contributed by atoms with Gasteiger partial charge in [0, 0.05) is 17.1 Å². The Morgan fingerprint density at radius 2 is 1.74 bits per heavy atom. The van der Waals surface area contributed by atoms with Gasteiger partial charge in [0.2, 0.25) is 17.6 Å². The average molecular weight is 580 g/mol. The smallest absolute Gasteiger partial charge is 0.286 e. The summed E-state index contributed by atoms with van der Waals surface area (Å²) in [5.74, 6) is -1.12. The van der Waals surface area contributed by atoms with Crippen LogP contribution in [0.15, 0.2) is 76.1 Å². The Morgan fingerprint density at radius 1 is 1.05 bits per heavy atom. The first-order valence-corrected chi connectivity index (χ1v) is 13.9. The number of nitrogens with one attached hydrogen (secondary N) is 1. The SMILES string of the molecule is Cc1nc(-c2ccccc2)n(CC(=O)NC(C(=O)c2nnc(C(C)(C)c3cnc4ccccc4c3)o2)C(C)C)c(=O)c1N. The second-order valence-corrected chi connectivity index (χ2v) is 11.3. The lowest BCUT2D eigenvalue weighted by Gasteiger charge is -2.22. The van der Waals surface area contributed by atoms with Gasteiger partial charge in [-0.1, -0.05) is 62.4 Å². The highest BCUT2D eigenvalue weighted by Gasteiger charge is 2.34. The van der Waals surface area contributed by atoms with E-state index < -0.39 is 35.3 Å². The van der Waals surface area contributed by atoms with Crippen LogP contribution in [-0.2, 0) is 16.8 Å². The zero-order valence-corrected chi connectivity index (χ0v) is 24.7. The number of benzene rings is 2. The maximum Gasteiger partial charge on any atom is 0.286 e. The van der Waals surface area contributed by atoms with E-state index in [1.54, 1.807) is 39.1 Å². The third kappa shape index (κ3) is 5.78. The number of rotatable bonds is 9. The number of nitrogens with zero attached hydrogens (tertiary/aromatic N) is 5. The second-order valence-electron chi connectivity index (χ2n) is 11.3. The molecule has 11 heteroatoms. The van der Waals surface area contributed by atoms with Crippen molar-refractivity contribution in [2.75, 3.05) is 5.73 Å². The summed E-state index contributed by atoms with van der Waals surface area (Å²) in [6.45, 7) is 8.64. The number of anilines is 1. The first kappa shape index (κ1) is 29.3. The van der Waals surface area contributed by atoms with Crippen molar-refractivity contribution >= 4 is 28.3 Å². The summed E-state index contributed by atoms with van der Waals surface area (Å²) in [6, 6.07) is 17.8. The lowest BCUT2D eigenvalue weighted by molar-refractivity contribution is -0.122. The summed E-state index contributed by atoms with van der Waals surface area (Å²) >= 11 is 0. The molecule has 0 spiro atoms. The van der Waals surface area contributed by atoms with Crippen molar-refractivity contribution < 1.29 is 14.0 Å². The number of nitrogen functional groups attached to an aromatic ring is 1. The molecule has 0 fully saturated rings. The summed E-state index contributed by atoms with van der Waals surface area (Å²) < 4.78 is 7.11. The molecule has 0 bridgehead atoms. The number of Topliss-reactive ketones (excluding diaryl/α,β-unsaturated/α-hetero) is 1. The summed E-state index contributed by atoms with van der Waals surface area (Å²) in [4.78, 5) is 48.9. The number of aryl methyl sites for hydroxylation is 1. The van der Waals surface area contributed by atoms with Crippen LogP contribution in [0.1, 0.15) is 55.5 Å². The fraction of sp³-hybridized carbons (Fsp3) is 0.281. The van der Waals surface area contributed by atoms with Gasteiger partial charge in [0.05, 0.1) is 22.7 Å². The van der Waals surface area contributed by atoms with E-state index in [0.717, 1.165) is 16.5 Å². The third-order valence-corrected chi connectivity index (χ3v) is 7.48. The number of ketones is 1. The molecular formula is C32H33N7O4. The van der Waals surface area contributed by atoms with Gasteiger partial charge in [-0.2, -0.15) is 0 Å². The van der Waals surface area contributed by atoms with Crippen LogP contribution in [-0.4, -0.2) is 42.5 Å². The van der Waals surface area contributed by atoms with Crippen molar-refractivity contribution in [1.82, 2.24) is 30.0 Å². The number of pyridine rings is 1. The highest BCUT2D eigenvalue weighted by atomic mass is 16.4. The molecule has 220 valence electrons. The molecule has 5 rings (SSSR count). The van der Waals surface area contributed by atoms with E-state index in [2.05, 4.69) is 25.5 Å². The molecule has 1 amide bonds. The Morgan fingerprint density at radius 3 is 2.47 bits per heavy atom. The van der Waals surface area contributed by atoms with Crippen molar-refractivity contribution in [3.05, 3.63) is 100 Å². The monoisotopic (exact) mass is 579 g/mol. The van der Waals surface area contributed by atoms with Crippen molar-refractivity contribution in [2.24, 2.45) is 5.92 Å². The molecule has 1 unspecified atom stereocenters. The summed E-state index contributed by atoms with van der Waals surface area (Å²) in [6.07, 6.45) is 1.75. The number of nitrogens with two attached hydrogens (primary N) is 1. The van der Waals surface area contributed by atoms with E-state index in [9.17, 15) is 14.4 Å². The molecule has 43 heavy (non-hydrogen) atoms. The quantitative estimate of drug-likeness (QED) is 0.245. The predicted molar refractivity (Wildman–Crippen MR) is 162 cm³/mol. The number of amides is 1. The van der Waals surface area contributed by atoms with Gasteiger partial charge in [-0.3, -0.25) is 23.9 Å². The largest absolute Gasteiger partial charge is 0.417 e. The maximum atomic E-state index is 13.6. The minimum Gasteiger partial charge on any atom is -0.417 e. The summed E-state index contributed by atoms with van der Waals surface area (Å²) in [5, 5.41) is 11.9. The first-order chi connectivity index (χ1) is 20.5. The van der Waals surface area contributed by atoms with Gasteiger partial charge < -0.3 is 15.5 Å². The number of fused-ring (bicyclic) bond motifs is 1. The molecule has 0 aliphatic rings. The molecule has 0 saturated heterocycles. The van der Waals surface area contributed by atoms with Crippen molar-refractivity contribution in [3.63, 3.8) is 0 Å². The minimum absolute atomic E-state index is 0.0495. The van der Waals surface area contributed by atoms with Gasteiger partial charge in [-0.05, 0) is 44.4 Å². The molecular weight excluding hydrogens is 546 g/mol. The Kier molecular flexibility index (Phi) is 7.90. The van der Waals surface area contributed by atoms with Gasteiger partial charge in [-0.15, -0.1) is 10.2 Å². The van der Waals surface area contributed by atoms with E-state index in [4.69, 9.17) is 10.2 Å². The van der Waals surface area contributed by atoms with E-state index in [1.165, 1.54) is 4.57 Å². The number of carbonyl (C=O) groups excluding carboxylic acids is 2. The van der Waals surface area contributed by atoms with Crippen molar-refractivity contribution in [3.8, 4) is 11.4 Å². The highest BCUT2D eigenvalue weighted by molar-refractivity contribution is 5.98. The normalized spacial score (nSPS) is 12.4. The standard InChI is InChI=1S/C32H33N7O4/c1-18(2)26(36-24(40)17-39-28(20-11-7-6-8-12-20)35-19(3)25(33)30(39)42)27(41)29-37-38-31(43-29)32(4,5)22-15-21-13-9-10-14-23(21)34-16-22/h6-16,18,26H,17,33H2,1-5H3,(H,36,40). The maximum absolute atomic E-state index is 13.6. The molecule has 0 radical (unpaired) electrons. The number of carbonyl (C=O) groups is 2. The lowest BCUT2D eigenvalue weighted by Crippen LogP contribution is -2.46. The predicted octanol–water partition coefficient (Wildman–Crippen LogP) is 4.08. The number of aromatic nitrogens is 5. The average Bonchev–Trinajstić information content (AvgIpc) is 3.51. The molecule has 0 aliphatic carbocycles. The van der Waals surface area contributed by atoms with Gasteiger partial charge in [0.1, 0.15) is 18.1 Å². The van der Waals surface area contributed by atoms with Gasteiger partial charge >= 0.3 is 0 Å². The molecule has 0 aliphatic heterocycles. The fourth-order valence-corrected chi connectivity index (χ4v) is 4.77. The molecule has 3 aromatic heterocycles. The molecule has 5 aromatic rings. The Hall–Kier alpha value is -5.19. The molecule has 11 nitrogen and oxygen atoms in total. The van der Waals surface area contributed by atoms with Crippen LogP contribution in [0, 0.1) is 12.8 Å². The molecule has 1 atom stereocenters. The highest BCUT2D eigenvalue weighted by Crippen LogP contribution is 2.32. The minimum atomic E-state index is -0.988. The van der Waals surface area contributed by atoms with E-state index in [1.807, 2.05) is 62.4 Å². The van der Waals surface area contributed by atoms with Crippen LogP contribution < -0.4 is 16.6 Å². The van der Waals surface area contributed by atoms with Crippen LogP contribution in [0.4, 0.5) is 5.69 Å². The summed E-state index contributed by atoms with van der Waals surface area (Å²) in [5.41, 5.74) is 7.36. The van der Waals surface area contributed by atoms with E-state index in [0.29, 0.717) is 17.1 Å². The Balaban J connectivity index is 1.38. The van der Waals surface area contributed by atoms with E-state index in [-0.39, 0.29) is 23.4 Å². The topological polar surface area (TPSA) is 159 Å². The lowest BCUT2D eigenvalue weighted by atomic mass is 9.85. The third-order valence-electron chi connectivity index (χ3n) is 7.48. The van der Waals surface area contributed by atoms with Crippen molar-refractivity contribution in [2.45, 2.75) is 52.6 Å². The van der Waals surface area contributed by atoms with Crippen molar-refractivity contribution in [1.29, 1.82) is 0 Å². The number of hydrogen-bond acceptors (Lipinski definition) is 9. The fourth-order valence-electron chi connectivity index (χ4n) is 4.77. The Bertz CT molecular complexity index is 1880. The molecule has 0 saturated carbocycles. The van der Waals surface area contributed by atoms with Crippen LogP contribution in [0.5, 0.6) is 0 Å². The number of hydrogen-bond donors (Lipinski definition) is 2. The molecule has 2 aromatic carbocycles. The van der Waals surface area contributed by atoms with Gasteiger partial charge in [0.25, 0.3) is 11.4 Å². The second kappa shape index (κ2) is 11.6. The summed E-state index contributed by atoms with van der Waals surface area (Å²) in [7, 11) is 0. The number of para-hydroxylation sites is 1. The van der Waals surface area contributed by atoms with Crippen LogP contribution in [0.3, 0.4) is 0 Å². The first-order valence-electron chi connectivity index (χ1n) is 13.9. The van der Waals surface area contributed by atoms with Gasteiger partial charge in [-0.25, -0.2) is 4.98 Å². The molecule has 3 heterocycles. The zero-order valence-electron chi connectivity index (χ0n) is 24.7. The van der Waals surface area contributed by atoms with E-state index >= 15 is 0 Å². The van der Waals surface area contributed by atoms with Crippen LogP contribution in [0.2, 0.25) is 0 Å². The van der Waals surface area contributed by atoms with Crippen LogP contribution >= 0.6 is 0 Å². The van der Waals surface area contributed by atoms with Crippen LogP contribution in [0.25, 0.3) is 22.3 Å². The zero-order chi connectivity index (χ0) is 30.9. The van der Waals surface area contributed by atoms with Gasteiger partial charge in [0.15, 0.2) is 0 Å². The Labute approximate surface area is 248 Å².